The Kier molecular flexibility index (Phi) is 7.92. The number of rotatable bonds is 10. The smallest absolute Gasteiger partial charge is 0.196 e. The van der Waals surface area contributed by atoms with E-state index >= 15 is 0 Å². The highest BCUT2D eigenvalue weighted by Gasteiger charge is 2.19. The van der Waals surface area contributed by atoms with E-state index in [4.69, 9.17) is 21.1 Å². The SMILES string of the molecule is COc1ccc(-n2c(SCCCCc3ccccc3)nnc2-c2cccc(Cl)c2)c(OC)c1. The molecule has 0 atom stereocenters. The van der Waals surface area contributed by atoms with Crippen LogP contribution in [0.1, 0.15) is 18.4 Å². The van der Waals surface area contributed by atoms with Crippen LogP contribution in [0.2, 0.25) is 5.02 Å². The van der Waals surface area contributed by atoms with Crippen molar-refractivity contribution >= 4 is 23.4 Å². The summed E-state index contributed by atoms with van der Waals surface area (Å²) in [7, 11) is 3.29. The van der Waals surface area contributed by atoms with Crippen LogP contribution >= 0.6 is 23.4 Å². The van der Waals surface area contributed by atoms with Gasteiger partial charge in [-0.15, -0.1) is 10.2 Å². The normalized spacial score (nSPS) is 10.9. The molecule has 0 aliphatic carbocycles. The molecule has 5 nitrogen and oxygen atoms in total. The molecule has 0 spiro atoms. The molecule has 0 fully saturated rings. The first-order valence-electron chi connectivity index (χ1n) is 10.8. The van der Waals surface area contributed by atoms with E-state index in [1.54, 1.807) is 26.0 Å². The Morgan fingerprint density at radius 3 is 2.48 bits per heavy atom. The van der Waals surface area contributed by atoms with Gasteiger partial charge in [0.05, 0.1) is 19.9 Å². The number of hydrogen-bond donors (Lipinski definition) is 0. The fourth-order valence-electron chi connectivity index (χ4n) is 3.60. The van der Waals surface area contributed by atoms with Crippen LogP contribution < -0.4 is 9.47 Å². The van der Waals surface area contributed by atoms with Gasteiger partial charge in [0.2, 0.25) is 0 Å². The summed E-state index contributed by atoms with van der Waals surface area (Å²) in [6.07, 6.45) is 3.28. The summed E-state index contributed by atoms with van der Waals surface area (Å²) in [6, 6.07) is 24.0. The zero-order chi connectivity index (χ0) is 23.0. The fourth-order valence-corrected chi connectivity index (χ4v) is 4.74. The van der Waals surface area contributed by atoms with E-state index < -0.39 is 0 Å². The predicted molar refractivity (Wildman–Crippen MR) is 135 cm³/mol. The van der Waals surface area contributed by atoms with Gasteiger partial charge >= 0.3 is 0 Å². The van der Waals surface area contributed by atoms with Crippen molar-refractivity contribution in [2.75, 3.05) is 20.0 Å². The maximum atomic E-state index is 6.26. The third kappa shape index (κ3) is 5.70. The average molecular weight is 480 g/mol. The number of aryl methyl sites for hydroxylation is 1. The van der Waals surface area contributed by atoms with Crippen LogP contribution in [0, 0.1) is 0 Å². The summed E-state index contributed by atoms with van der Waals surface area (Å²) in [5.74, 6) is 3.07. The molecule has 7 heteroatoms. The van der Waals surface area contributed by atoms with Gasteiger partial charge < -0.3 is 9.47 Å². The van der Waals surface area contributed by atoms with Crippen LogP contribution in [0.4, 0.5) is 0 Å². The van der Waals surface area contributed by atoms with Gasteiger partial charge in [0.15, 0.2) is 11.0 Å². The lowest BCUT2D eigenvalue weighted by atomic mass is 10.1. The minimum atomic E-state index is 0.652. The lowest BCUT2D eigenvalue weighted by molar-refractivity contribution is 0.393. The molecule has 0 aliphatic rings. The molecule has 170 valence electrons. The van der Waals surface area contributed by atoms with Crippen molar-refractivity contribution in [2.24, 2.45) is 0 Å². The number of methoxy groups -OCH3 is 2. The quantitative estimate of drug-likeness (QED) is 0.186. The molecule has 0 saturated carbocycles. The molecule has 4 aromatic rings. The topological polar surface area (TPSA) is 49.2 Å². The number of hydrogen-bond acceptors (Lipinski definition) is 5. The maximum absolute atomic E-state index is 6.26. The number of benzene rings is 3. The first kappa shape index (κ1) is 23.2. The van der Waals surface area contributed by atoms with Crippen LogP contribution in [0.5, 0.6) is 11.5 Å². The van der Waals surface area contributed by atoms with Crippen molar-refractivity contribution in [3.63, 3.8) is 0 Å². The van der Waals surface area contributed by atoms with E-state index in [0.717, 1.165) is 47.2 Å². The molecule has 33 heavy (non-hydrogen) atoms. The maximum Gasteiger partial charge on any atom is 0.196 e. The van der Waals surface area contributed by atoms with E-state index in [0.29, 0.717) is 16.6 Å². The first-order valence-corrected chi connectivity index (χ1v) is 12.2. The van der Waals surface area contributed by atoms with Crippen LogP contribution in [0.3, 0.4) is 0 Å². The molecule has 0 aliphatic heterocycles. The second-order valence-electron chi connectivity index (χ2n) is 7.48. The Labute approximate surface area is 203 Å². The van der Waals surface area contributed by atoms with Crippen molar-refractivity contribution < 1.29 is 9.47 Å². The molecule has 1 aromatic heterocycles. The number of ether oxygens (including phenoxy) is 2. The molecule has 3 aromatic carbocycles. The highest BCUT2D eigenvalue weighted by atomic mass is 35.5. The summed E-state index contributed by atoms with van der Waals surface area (Å²) in [5.41, 5.74) is 3.12. The number of unbranched alkanes of at least 4 members (excludes halogenated alkanes) is 1. The number of halogens is 1. The Morgan fingerprint density at radius 2 is 1.73 bits per heavy atom. The summed E-state index contributed by atoms with van der Waals surface area (Å²) in [5, 5.41) is 10.5. The number of thioether (sulfide) groups is 1. The molecular formula is C26H26ClN3O2S. The van der Waals surface area contributed by atoms with E-state index in [9.17, 15) is 0 Å². The third-order valence-corrected chi connectivity index (χ3v) is 6.53. The summed E-state index contributed by atoms with van der Waals surface area (Å²) in [4.78, 5) is 0. The largest absolute Gasteiger partial charge is 0.497 e. The average Bonchev–Trinajstić information content (AvgIpc) is 3.27. The van der Waals surface area contributed by atoms with E-state index in [1.165, 1.54) is 5.56 Å². The van der Waals surface area contributed by atoms with Crippen LogP contribution in [0.15, 0.2) is 78.0 Å². The Bertz CT molecular complexity index is 1200. The summed E-state index contributed by atoms with van der Waals surface area (Å²) >= 11 is 7.96. The minimum absolute atomic E-state index is 0.652. The second-order valence-corrected chi connectivity index (χ2v) is 8.98. The molecule has 4 rings (SSSR count). The van der Waals surface area contributed by atoms with Gasteiger partial charge in [0, 0.05) is 22.4 Å². The highest BCUT2D eigenvalue weighted by Crippen LogP contribution is 2.35. The van der Waals surface area contributed by atoms with E-state index in [2.05, 4.69) is 40.5 Å². The van der Waals surface area contributed by atoms with Crippen molar-refractivity contribution in [1.29, 1.82) is 0 Å². The van der Waals surface area contributed by atoms with Gasteiger partial charge in [0.25, 0.3) is 0 Å². The Balaban J connectivity index is 1.59. The standard InChI is InChI=1S/C26H26ClN3O2S/c1-31-22-14-15-23(24(18-22)32-2)30-25(20-12-8-13-21(27)17-20)28-29-26(30)33-16-7-6-11-19-9-4-3-5-10-19/h3-5,8-10,12-15,17-18H,6-7,11,16H2,1-2H3. The first-order chi connectivity index (χ1) is 16.2. The minimum Gasteiger partial charge on any atom is -0.497 e. The summed E-state index contributed by atoms with van der Waals surface area (Å²) in [6.45, 7) is 0. The monoisotopic (exact) mass is 479 g/mol. The van der Waals surface area contributed by atoms with Gasteiger partial charge in [-0.25, -0.2) is 0 Å². The molecule has 0 bridgehead atoms. The zero-order valence-electron chi connectivity index (χ0n) is 18.7. The Hall–Kier alpha value is -2.96. The van der Waals surface area contributed by atoms with Crippen molar-refractivity contribution in [2.45, 2.75) is 24.4 Å². The molecule has 1 heterocycles. The highest BCUT2D eigenvalue weighted by molar-refractivity contribution is 7.99. The van der Waals surface area contributed by atoms with Gasteiger partial charge in [-0.3, -0.25) is 4.57 Å². The lowest BCUT2D eigenvalue weighted by Gasteiger charge is -2.15. The molecule has 0 saturated heterocycles. The Morgan fingerprint density at radius 1 is 0.879 bits per heavy atom. The predicted octanol–water partition coefficient (Wildman–Crippen LogP) is 6.72. The fraction of sp³-hybridized carbons (Fsp3) is 0.231. The lowest BCUT2D eigenvalue weighted by Crippen LogP contribution is -2.03. The van der Waals surface area contributed by atoms with Crippen molar-refractivity contribution in [3.05, 3.63) is 83.4 Å². The van der Waals surface area contributed by atoms with Crippen LogP contribution in [-0.2, 0) is 6.42 Å². The van der Waals surface area contributed by atoms with Gasteiger partial charge in [-0.1, -0.05) is 65.8 Å². The zero-order valence-corrected chi connectivity index (χ0v) is 20.3. The molecule has 0 amide bonds. The van der Waals surface area contributed by atoms with E-state index in [1.807, 2.05) is 47.0 Å². The number of nitrogens with zero attached hydrogens (tertiary/aromatic N) is 3. The van der Waals surface area contributed by atoms with Gasteiger partial charge in [0.1, 0.15) is 11.5 Å². The summed E-state index contributed by atoms with van der Waals surface area (Å²) < 4.78 is 13.1. The molecule has 0 radical (unpaired) electrons. The number of aromatic nitrogens is 3. The van der Waals surface area contributed by atoms with Gasteiger partial charge in [-0.05, 0) is 49.1 Å². The molecular weight excluding hydrogens is 454 g/mol. The van der Waals surface area contributed by atoms with Crippen molar-refractivity contribution in [1.82, 2.24) is 14.8 Å². The van der Waals surface area contributed by atoms with Crippen LogP contribution in [-0.4, -0.2) is 34.7 Å². The van der Waals surface area contributed by atoms with E-state index in [-0.39, 0.29) is 0 Å². The third-order valence-electron chi connectivity index (χ3n) is 5.28. The molecule has 0 N–H and O–H groups in total. The van der Waals surface area contributed by atoms with Crippen molar-refractivity contribution in [3.8, 4) is 28.6 Å². The van der Waals surface area contributed by atoms with Crippen LogP contribution in [0.25, 0.3) is 17.1 Å². The second kappa shape index (κ2) is 11.3. The van der Waals surface area contributed by atoms with Gasteiger partial charge in [-0.2, -0.15) is 0 Å². The molecule has 0 unspecified atom stereocenters.